The molecule has 0 aliphatic carbocycles. The number of carbonyl (C=O) groups is 2. The first-order chi connectivity index (χ1) is 11.0. The van der Waals surface area contributed by atoms with Gasteiger partial charge in [0.05, 0.1) is 36.8 Å². The molecule has 2 fully saturated rings. The average Bonchev–Trinajstić information content (AvgIpc) is 3.13. The molecule has 4 atom stereocenters. The Hall–Kier alpha value is -2.18. The number of methoxy groups -OCH3 is 1. The minimum atomic E-state index is -1.11. The quantitative estimate of drug-likeness (QED) is 0.662. The minimum Gasteiger partial charge on any atom is -0.495 e. The van der Waals surface area contributed by atoms with E-state index in [0.29, 0.717) is 11.4 Å². The largest absolute Gasteiger partial charge is 0.495 e. The van der Waals surface area contributed by atoms with Crippen molar-refractivity contribution in [3.63, 3.8) is 0 Å². The Balaban J connectivity index is 1.83. The highest BCUT2D eigenvalue weighted by Gasteiger charge is 2.72. The molecule has 0 unspecified atom stereocenters. The molecular weight excluding hydrogens is 298 g/mol. The van der Waals surface area contributed by atoms with Crippen LogP contribution in [0.5, 0.6) is 5.75 Å². The number of imide groups is 1. The number of amides is 2. The number of ether oxygens (including phenoxy) is 2. The molecule has 23 heavy (non-hydrogen) atoms. The lowest BCUT2D eigenvalue weighted by molar-refractivity contribution is -0.131. The maximum atomic E-state index is 13.0. The van der Waals surface area contributed by atoms with E-state index in [-0.39, 0.29) is 18.4 Å². The topological polar surface area (TPSA) is 76.1 Å². The Morgan fingerprint density at radius 2 is 1.91 bits per heavy atom. The first-order valence-corrected chi connectivity index (χ1v) is 7.50. The van der Waals surface area contributed by atoms with Crippen molar-refractivity contribution < 1.29 is 24.2 Å². The predicted molar refractivity (Wildman–Crippen MR) is 80.9 cm³/mol. The van der Waals surface area contributed by atoms with Crippen molar-refractivity contribution in [2.24, 2.45) is 11.8 Å². The van der Waals surface area contributed by atoms with Crippen LogP contribution in [0.2, 0.25) is 0 Å². The number of rotatable bonds is 3. The van der Waals surface area contributed by atoms with Gasteiger partial charge in [0.25, 0.3) is 0 Å². The SMILES string of the molecule is COc1ccccc1N1C(=O)[C@@H]2[C@@H](C1=O)[C@@]1(CO)C=C[C@@]2(C)O1. The molecule has 1 aromatic carbocycles. The second-order valence-electron chi connectivity index (χ2n) is 6.37. The molecule has 0 saturated carbocycles. The van der Waals surface area contributed by atoms with Gasteiger partial charge in [-0.1, -0.05) is 24.3 Å². The van der Waals surface area contributed by atoms with Crippen molar-refractivity contribution in [3.8, 4) is 5.75 Å². The van der Waals surface area contributed by atoms with Gasteiger partial charge in [0.15, 0.2) is 0 Å². The van der Waals surface area contributed by atoms with E-state index in [1.54, 1.807) is 43.3 Å². The Labute approximate surface area is 133 Å². The number of aliphatic hydroxyl groups excluding tert-OH is 1. The molecule has 4 rings (SSSR count). The van der Waals surface area contributed by atoms with E-state index < -0.39 is 23.0 Å². The highest BCUT2D eigenvalue weighted by atomic mass is 16.5. The van der Waals surface area contributed by atoms with Crippen LogP contribution < -0.4 is 9.64 Å². The van der Waals surface area contributed by atoms with Crippen molar-refractivity contribution in [1.82, 2.24) is 0 Å². The van der Waals surface area contributed by atoms with Crippen molar-refractivity contribution in [3.05, 3.63) is 36.4 Å². The molecule has 0 radical (unpaired) electrons. The predicted octanol–water partition coefficient (Wildman–Crippen LogP) is 0.891. The molecule has 2 bridgehead atoms. The highest BCUT2D eigenvalue weighted by molar-refractivity contribution is 6.24. The number of carbonyl (C=O) groups excluding carboxylic acids is 2. The van der Waals surface area contributed by atoms with E-state index in [0.717, 1.165) is 0 Å². The lowest BCUT2D eigenvalue weighted by atomic mass is 9.73. The molecule has 1 aromatic rings. The third-order valence-electron chi connectivity index (χ3n) is 5.13. The third kappa shape index (κ3) is 1.59. The summed E-state index contributed by atoms with van der Waals surface area (Å²) < 4.78 is 11.2. The van der Waals surface area contributed by atoms with Crippen molar-refractivity contribution in [1.29, 1.82) is 0 Å². The monoisotopic (exact) mass is 315 g/mol. The lowest BCUT2D eigenvalue weighted by Crippen LogP contribution is -2.43. The molecular formula is C17H17NO5. The van der Waals surface area contributed by atoms with Gasteiger partial charge in [0, 0.05) is 0 Å². The Bertz CT molecular complexity index is 744. The fourth-order valence-corrected chi connectivity index (χ4v) is 4.09. The Morgan fingerprint density at radius 1 is 1.22 bits per heavy atom. The summed E-state index contributed by atoms with van der Waals surface area (Å²) in [7, 11) is 1.50. The van der Waals surface area contributed by atoms with E-state index in [4.69, 9.17) is 9.47 Å². The van der Waals surface area contributed by atoms with Crippen molar-refractivity contribution in [2.45, 2.75) is 18.1 Å². The van der Waals surface area contributed by atoms with E-state index in [1.807, 2.05) is 0 Å². The average molecular weight is 315 g/mol. The lowest BCUT2D eigenvalue weighted by Gasteiger charge is -2.27. The molecule has 2 saturated heterocycles. The highest BCUT2D eigenvalue weighted by Crippen LogP contribution is 2.57. The fourth-order valence-electron chi connectivity index (χ4n) is 4.09. The normalized spacial score (nSPS) is 37.6. The molecule has 1 N–H and O–H groups in total. The maximum absolute atomic E-state index is 13.0. The number of nitrogens with zero attached hydrogens (tertiary/aromatic N) is 1. The van der Waals surface area contributed by atoms with Crippen LogP contribution in [0.3, 0.4) is 0 Å². The number of hydrogen-bond acceptors (Lipinski definition) is 5. The van der Waals surface area contributed by atoms with E-state index in [9.17, 15) is 14.7 Å². The number of aliphatic hydroxyl groups is 1. The van der Waals surface area contributed by atoms with Gasteiger partial charge in [0.2, 0.25) is 11.8 Å². The summed E-state index contributed by atoms with van der Waals surface area (Å²) in [5.74, 6) is -1.55. The standard InChI is InChI=1S/C17H17NO5/c1-16-7-8-17(9-19,23-16)13-12(16)14(20)18(15(13)21)10-5-3-4-6-11(10)22-2/h3-8,12-13,19H,9H2,1-2H3/t12-,13-,16+,17-/m0/s1. The molecule has 3 aliphatic heterocycles. The van der Waals surface area contributed by atoms with Crippen LogP contribution in [-0.4, -0.2) is 41.8 Å². The summed E-state index contributed by atoms with van der Waals surface area (Å²) in [6.07, 6.45) is 3.49. The van der Waals surface area contributed by atoms with Crippen LogP contribution in [0.4, 0.5) is 5.69 Å². The van der Waals surface area contributed by atoms with Crippen LogP contribution >= 0.6 is 0 Å². The molecule has 3 heterocycles. The van der Waals surface area contributed by atoms with Gasteiger partial charge in [-0.15, -0.1) is 0 Å². The van der Waals surface area contributed by atoms with Gasteiger partial charge < -0.3 is 14.6 Å². The van der Waals surface area contributed by atoms with Crippen molar-refractivity contribution in [2.75, 3.05) is 18.6 Å². The van der Waals surface area contributed by atoms with Crippen LogP contribution in [0, 0.1) is 11.8 Å². The molecule has 2 amide bonds. The molecule has 3 aliphatic rings. The van der Waals surface area contributed by atoms with Gasteiger partial charge in [-0.25, -0.2) is 4.90 Å². The van der Waals surface area contributed by atoms with E-state index in [2.05, 4.69) is 0 Å². The number of benzene rings is 1. The number of anilines is 1. The van der Waals surface area contributed by atoms with Gasteiger partial charge in [-0.3, -0.25) is 9.59 Å². The Kier molecular flexibility index (Phi) is 2.77. The first kappa shape index (κ1) is 14.4. The Morgan fingerprint density at radius 3 is 2.61 bits per heavy atom. The smallest absolute Gasteiger partial charge is 0.241 e. The first-order valence-electron chi connectivity index (χ1n) is 7.50. The summed E-state index contributed by atoms with van der Waals surface area (Å²) in [6.45, 7) is 1.45. The van der Waals surface area contributed by atoms with Crippen molar-refractivity contribution >= 4 is 17.5 Å². The zero-order chi connectivity index (χ0) is 16.4. The van der Waals surface area contributed by atoms with E-state index in [1.165, 1.54) is 12.0 Å². The summed E-state index contributed by atoms with van der Waals surface area (Å²) in [5, 5.41) is 9.78. The van der Waals surface area contributed by atoms with Crippen LogP contribution in [-0.2, 0) is 14.3 Å². The zero-order valence-electron chi connectivity index (χ0n) is 12.9. The molecule has 6 heteroatoms. The molecule has 120 valence electrons. The van der Waals surface area contributed by atoms with Gasteiger partial charge >= 0.3 is 0 Å². The maximum Gasteiger partial charge on any atom is 0.241 e. The van der Waals surface area contributed by atoms with Crippen LogP contribution in [0.25, 0.3) is 0 Å². The molecule has 6 nitrogen and oxygen atoms in total. The zero-order valence-corrected chi connectivity index (χ0v) is 12.9. The van der Waals surface area contributed by atoms with Gasteiger partial charge in [-0.2, -0.15) is 0 Å². The summed E-state index contributed by atoms with van der Waals surface area (Å²) in [5.41, 5.74) is -1.55. The number of para-hydroxylation sites is 2. The molecule has 0 spiro atoms. The van der Waals surface area contributed by atoms with Crippen LogP contribution in [0.1, 0.15) is 6.92 Å². The van der Waals surface area contributed by atoms with Gasteiger partial charge in [0.1, 0.15) is 11.4 Å². The number of hydrogen-bond donors (Lipinski definition) is 1. The fraction of sp³-hybridized carbons (Fsp3) is 0.412. The third-order valence-corrected chi connectivity index (χ3v) is 5.13. The second-order valence-corrected chi connectivity index (χ2v) is 6.37. The second kappa shape index (κ2) is 4.43. The summed E-state index contributed by atoms with van der Waals surface area (Å²) >= 11 is 0. The number of fused-ring (bicyclic) bond motifs is 5. The minimum absolute atomic E-state index is 0.313. The van der Waals surface area contributed by atoms with Gasteiger partial charge in [-0.05, 0) is 19.1 Å². The van der Waals surface area contributed by atoms with Crippen LogP contribution in [0.15, 0.2) is 36.4 Å². The summed E-state index contributed by atoms with van der Waals surface area (Å²) in [6, 6.07) is 6.91. The van der Waals surface area contributed by atoms with E-state index >= 15 is 0 Å². The summed E-state index contributed by atoms with van der Waals surface area (Å²) in [4.78, 5) is 27.1. The molecule has 0 aromatic heterocycles.